The third-order valence-electron chi connectivity index (χ3n) is 12.1. The van der Waals surface area contributed by atoms with E-state index in [0.717, 1.165) is 109 Å². The summed E-state index contributed by atoms with van der Waals surface area (Å²) in [4.78, 5) is 13.5. The van der Waals surface area contributed by atoms with Crippen LogP contribution in [0.3, 0.4) is 0 Å². The third-order valence-corrected chi connectivity index (χ3v) is 12.1. The van der Waals surface area contributed by atoms with Gasteiger partial charge in [0, 0.05) is 30.9 Å². The first-order valence-electron chi connectivity index (χ1n) is 26.9. The Morgan fingerprint density at radius 2 is 0.926 bits per heavy atom. The molecule has 7 aromatic carbocycles. The fraction of sp³-hybridized carbons (Fsp3) is 0.109. The Hall–Kier alpha value is -7.36. The van der Waals surface area contributed by atoms with Crippen LogP contribution in [0.2, 0.25) is 0 Å². The van der Waals surface area contributed by atoms with Crippen LogP contribution in [0.4, 0.5) is 0 Å². The van der Waals surface area contributed by atoms with Crippen molar-refractivity contribution in [2.75, 3.05) is 0 Å². The molecule has 0 unspecified atom stereocenters. The van der Waals surface area contributed by atoms with E-state index < -0.39 is 20.6 Å². The van der Waals surface area contributed by atoms with Crippen LogP contribution in [-0.2, 0) is 45.8 Å². The summed E-state index contributed by atoms with van der Waals surface area (Å²) in [5, 5.41) is 0. The molecule has 0 aliphatic heterocycles. The fourth-order valence-corrected chi connectivity index (χ4v) is 8.58. The SMILES string of the molecule is [2H]C([2H])([2H])c1ccc(-c2[c-]cc(-c3ccccc3-c3cc(CCc4c[c-]c(-c5cc(C([2H])([2H])[2H])ccn5)cc4)cc(CCc4c[c-]c(-c5cc(C([2H])([2H])[2H])ccn5)cc4)c3)c(-c3ccc(-c4ccccc4)cc3)c2)nc1.[Ir+3]. The van der Waals surface area contributed by atoms with Gasteiger partial charge in [0.2, 0.25) is 0 Å². The third kappa shape index (κ3) is 10.7. The summed E-state index contributed by atoms with van der Waals surface area (Å²) >= 11 is 0. The van der Waals surface area contributed by atoms with Gasteiger partial charge in [0.25, 0.3) is 0 Å². The molecule has 330 valence electrons. The van der Waals surface area contributed by atoms with Crippen molar-refractivity contribution in [3.63, 3.8) is 0 Å². The predicted octanol–water partition coefficient (Wildman–Crippen LogP) is 15.4. The second kappa shape index (κ2) is 21.1. The van der Waals surface area contributed by atoms with E-state index in [4.69, 9.17) is 12.3 Å². The van der Waals surface area contributed by atoms with Crippen molar-refractivity contribution < 1.29 is 32.4 Å². The Morgan fingerprint density at radius 1 is 0.368 bits per heavy atom. The molecule has 3 nitrogen and oxygen atoms in total. The van der Waals surface area contributed by atoms with Crippen LogP contribution >= 0.6 is 0 Å². The van der Waals surface area contributed by atoms with E-state index in [-0.39, 0.29) is 36.8 Å². The molecule has 0 bridgehead atoms. The van der Waals surface area contributed by atoms with E-state index in [2.05, 4.69) is 130 Å². The molecular formula is C64H50IrN3. The minimum atomic E-state index is -2.27. The van der Waals surface area contributed by atoms with Gasteiger partial charge in [0.05, 0.1) is 0 Å². The summed E-state index contributed by atoms with van der Waals surface area (Å²) in [5.74, 6) is 0. The van der Waals surface area contributed by atoms with E-state index in [1.54, 1.807) is 24.3 Å². The molecule has 0 fully saturated rings. The second-order valence-corrected chi connectivity index (χ2v) is 16.7. The quantitative estimate of drug-likeness (QED) is 0.108. The molecule has 10 rings (SSSR count). The molecule has 0 N–H and O–H groups in total. The summed E-state index contributed by atoms with van der Waals surface area (Å²) in [6, 6.07) is 69.9. The van der Waals surface area contributed by atoms with Crippen LogP contribution in [0, 0.1) is 38.8 Å². The van der Waals surface area contributed by atoms with Gasteiger partial charge in [-0.15, -0.1) is 94.5 Å². The van der Waals surface area contributed by atoms with E-state index in [1.165, 1.54) is 30.7 Å². The maximum atomic E-state index is 7.90. The van der Waals surface area contributed by atoms with Crippen molar-refractivity contribution in [3.05, 3.63) is 258 Å². The van der Waals surface area contributed by atoms with E-state index in [1.807, 2.05) is 48.5 Å². The first-order chi connectivity index (χ1) is 36.5. The molecule has 10 aromatic rings. The van der Waals surface area contributed by atoms with Gasteiger partial charge in [0.1, 0.15) is 0 Å². The van der Waals surface area contributed by atoms with Crippen LogP contribution in [0.15, 0.2) is 201 Å². The predicted molar refractivity (Wildman–Crippen MR) is 276 cm³/mol. The molecule has 3 aromatic heterocycles. The van der Waals surface area contributed by atoms with Crippen molar-refractivity contribution in [1.82, 2.24) is 15.0 Å². The Labute approximate surface area is 427 Å². The smallest absolute Gasteiger partial charge is 0.305 e. The Bertz CT molecular complexity index is 3510. The van der Waals surface area contributed by atoms with Crippen LogP contribution < -0.4 is 0 Å². The van der Waals surface area contributed by atoms with E-state index >= 15 is 0 Å². The summed E-state index contributed by atoms with van der Waals surface area (Å²) < 4.78 is 70.9. The largest absolute Gasteiger partial charge is 3.00 e. The molecule has 0 saturated carbocycles. The van der Waals surface area contributed by atoms with Gasteiger partial charge in [0.15, 0.2) is 0 Å². The molecule has 0 atom stereocenters. The summed E-state index contributed by atoms with van der Waals surface area (Å²) in [7, 11) is 0. The minimum Gasteiger partial charge on any atom is -0.305 e. The summed E-state index contributed by atoms with van der Waals surface area (Å²) in [5.41, 5.74) is 17.3. The number of rotatable bonds is 13. The fourth-order valence-electron chi connectivity index (χ4n) is 8.58. The minimum absolute atomic E-state index is 0. The number of nitrogens with zero attached hydrogens (tertiary/aromatic N) is 3. The van der Waals surface area contributed by atoms with Gasteiger partial charge in [-0.25, -0.2) is 0 Å². The molecule has 0 aliphatic carbocycles. The van der Waals surface area contributed by atoms with Crippen LogP contribution in [-0.4, -0.2) is 15.0 Å². The number of benzene rings is 7. The number of aromatic nitrogens is 3. The van der Waals surface area contributed by atoms with Crippen molar-refractivity contribution >= 4 is 0 Å². The Morgan fingerprint density at radius 3 is 1.50 bits per heavy atom. The molecule has 0 aliphatic rings. The van der Waals surface area contributed by atoms with Gasteiger partial charge in [-0.1, -0.05) is 162 Å². The zero-order valence-electron chi connectivity index (χ0n) is 46.1. The number of hydrogen-bond acceptors (Lipinski definition) is 3. The van der Waals surface area contributed by atoms with Crippen LogP contribution in [0.25, 0.3) is 78.3 Å². The zero-order chi connectivity index (χ0) is 53.0. The molecule has 3 heterocycles. The van der Waals surface area contributed by atoms with Gasteiger partial charge in [-0.2, -0.15) is 0 Å². The molecule has 0 amide bonds. The van der Waals surface area contributed by atoms with Gasteiger partial charge in [-0.3, -0.25) is 0 Å². The molecular weight excluding hydrogens is 1000 g/mol. The average molecular weight is 1060 g/mol. The first kappa shape index (κ1) is 35.8. The van der Waals surface area contributed by atoms with Crippen molar-refractivity contribution in [2.45, 2.75) is 46.2 Å². The summed E-state index contributed by atoms with van der Waals surface area (Å²) in [6.45, 7) is -6.74. The molecule has 0 spiro atoms. The molecule has 4 heteroatoms. The standard InChI is InChI=1S/C64H50N3.Ir/c1-44-33-35-65-63(37-44)54-22-18-47(19-23-54)14-16-49-39-50(17-15-48-20-24-55(25-21-48)64-38-45(2)34-36-66-64)41-57(40-49)58-11-7-8-12-59(58)60-31-30-56(62-32-13-46(3)43-67-62)42-61(60)53-28-26-52(27-29-53)51-9-5-4-6-10-51;/h4-13,18-22,24,26-29,31-43H,14-17H2,1-3H3;/q-3;+3/i1D3,2D3,3D3;. The van der Waals surface area contributed by atoms with Crippen molar-refractivity contribution in [3.8, 4) is 78.3 Å². The van der Waals surface area contributed by atoms with Crippen molar-refractivity contribution in [2.24, 2.45) is 0 Å². The zero-order valence-corrected chi connectivity index (χ0v) is 39.5. The van der Waals surface area contributed by atoms with Gasteiger partial charge >= 0.3 is 20.1 Å². The number of hydrogen-bond donors (Lipinski definition) is 0. The normalized spacial score (nSPS) is 13.5. The second-order valence-electron chi connectivity index (χ2n) is 16.7. The topological polar surface area (TPSA) is 38.7 Å². The molecule has 68 heavy (non-hydrogen) atoms. The maximum Gasteiger partial charge on any atom is 3.00 e. The van der Waals surface area contributed by atoms with Crippen molar-refractivity contribution in [1.29, 1.82) is 0 Å². The van der Waals surface area contributed by atoms with Crippen LogP contribution in [0.5, 0.6) is 0 Å². The van der Waals surface area contributed by atoms with Gasteiger partial charge in [-0.05, 0) is 107 Å². The average Bonchev–Trinajstić information content (AvgIpc) is 3.44. The Kier molecular flexibility index (Phi) is 11.1. The number of pyridine rings is 3. The van der Waals surface area contributed by atoms with Gasteiger partial charge < -0.3 is 15.0 Å². The van der Waals surface area contributed by atoms with Crippen LogP contribution in [0.1, 0.15) is 51.3 Å². The number of aryl methyl sites for hydroxylation is 7. The van der Waals surface area contributed by atoms with E-state index in [0.29, 0.717) is 17.1 Å². The first-order valence-corrected chi connectivity index (χ1v) is 22.4. The van der Waals surface area contributed by atoms with E-state index in [9.17, 15) is 0 Å². The molecule has 0 saturated heterocycles. The molecule has 0 radical (unpaired) electrons. The maximum absolute atomic E-state index is 7.90. The summed E-state index contributed by atoms with van der Waals surface area (Å²) in [6.07, 6.45) is 7.41. The Balaban J connectivity index is 0.00000722. The monoisotopic (exact) mass is 1060 g/mol.